The van der Waals surface area contributed by atoms with E-state index in [4.69, 9.17) is 9.26 Å². The minimum atomic E-state index is -0.281. The highest BCUT2D eigenvalue weighted by atomic mass is 19.1. The number of rotatable bonds is 5. The molecule has 27 heavy (non-hydrogen) atoms. The van der Waals surface area contributed by atoms with Crippen LogP contribution in [0.1, 0.15) is 5.89 Å². The van der Waals surface area contributed by atoms with Crippen molar-refractivity contribution in [1.82, 2.24) is 15.0 Å². The van der Waals surface area contributed by atoms with Crippen molar-refractivity contribution < 1.29 is 13.7 Å². The molecule has 0 radical (unpaired) electrons. The van der Waals surface area contributed by atoms with Crippen LogP contribution in [0.15, 0.2) is 53.1 Å². The summed E-state index contributed by atoms with van der Waals surface area (Å²) < 4.78 is 23.7. The van der Waals surface area contributed by atoms with Crippen molar-refractivity contribution in [2.24, 2.45) is 0 Å². The molecular formula is C20H21FN4O2. The number of hydrogen-bond acceptors (Lipinski definition) is 6. The van der Waals surface area contributed by atoms with E-state index >= 15 is 0 Å². The first-order chi connectivity index (χ1) is 13.2. The Kier molecular flexibility index (Phi) is 5.02. The summed E-state index contributed by atoms with van der Waals surface area (Å²) in [5.74, 6) is 1.65. The summed E-state index contributed by atoms with van der Waals surface area (Å²) in [6.45, 7) is 4.27. The van der Waals surface area contributed by atoms with E-state index in [0.717, 1.165) is 37.5 Å². The molecule has 1 aliphatic heterocycles. The fourth-order valence-electron chi connectivity index (χ4n) is 3.20. The molecule has 0 aliphatic carbocycles. The number of halogens is 1. The Labute approximate surface area is 157 Å². The van der Waals surface area contributed by atoms with E-state index in [1.54, 1.807) is 19.2 Å². The van der Waals surface area contributed by atoms with Gasteiger partial charge in [-0.05, 0) is 36.4 Å². The molecular weight excluding hydrogens is 347 g/mol. The van der Waals surface area contributed by atoms with Crippen molar-refractivity contribution in [3.05, 3.63) is 60.2 Å². The van der Waals surface area contributed by atoms with E-state index in [1.165, 1.54) is 17.8 Å². The smallest absolute Gasteiger partial charge is 0.241 e. The van der Waals surface area contributed by atoms with Gasteiger partial charge in [0.05, 0.1) is 13.7 Å². The van der Waals surface area contributed by atoms with E-state index in [-0.39, 0.29) is 5.82 Å². The van der Waals surface area contributed by atoms with E-state index in [9.17, 15) is 4.39 Å². The molecule has 1 saturated heterocycles. The molecule has 0 saturated carbocycles. The lowest BCUT2D eigenvalue weighted by atomic mass is 10.2. The second-order valence-electron chi connectivity index (χ2n) is 6.48. The normalized spacial score (nSPS) is 15.1. The fourth-order valence-corrected chi connectivity index (χ4v) is 3.20. The Morgan fingerprint density at radius 3 is 2.59 bits per heavy atom. The number of piperazine rings is 1. The maximum Gasteiger partial charge on any atom is 0.241 e. The number of anilines is 1. The lowest BCUT2D eigenvalue weighted by molar-refractivity contribution is 0.215. The van der Waals surface area contributed by atoms with Gasteiger partial charge < -0.3 is 14.2 Å². The number of hydrogen-bond donors (Lipinski definition) is 0. The minimum absolute atomic E-state index is 0.281. The molecule has 0 bridgehead atoms. The third kappa shape index (κ3) is 4.09. The van der Waals surface area contributed by atoms with Gasteiger partial charge in [0.1, 0.15) is 11.6 Å². The van der Waals surface area contributed by atoms with Crippen LogP contribution in [0.2, 0.25) is 0 Å². The van der Waals surface area contributed by atoms with Crippen LogP contribution in [0, 0.1) is 5.82 Å². The van der Waals surface area contributed by atoms with Crippen LogP contribution < -0.4 is 9.64 Å². The van der Waals surface area contributed by atoms with Gasteiger partial charge in [-0.25, -0.2) is 4.39 Å². The third-order valence-electron chi connectivity index (χ3n) is 4.72. The Morgan fingerprint density at radius 1 is 1.07 bits per heavy atom. The summed E-state index contributed by atoms with van der Waals surface area (Å²) >= 11 is 0. The van der Waals surface area contributed by atoms with Gasteiger partial charge in [0, 0.05) is 43.5 Å². The van der Waals surface area contributed by atoms with Crippen molar-refractivity contribution in [1.29, 1.82) is 0 Å². The molecule has 140 valence electrons. The highest BCUT2D eigenvalue weighted by Gasteiger charge is 2.20. The Hall–Kier alpha value is -2.93. The molecule has 0 amide bonds. The van der Waals surface area contributed by atoms with Gasteiger partial charge in [-0.3, -0.25) is 4.90 Å². The van der Waals surface area contributed by atoms with Crippen LogP contribution in [-0.2, 0) is 6.54 Å². The molecule has 1 aromatic heterocycles. The van der Waals surface area contributed by atoms with Crippen molar-refractivity contribution in [3.63, 3.8) is 0 Å². The average molecular weight is 368 g/mol. The average Bonchev–Trinajstić information content (AvgIpc) is 3.17. The molecule has 4 rings (SSSR count). The van der Waals surface area contributed by atoms with Gasteiger partial charge in [0.25, 0.3) is 0 Å². The van der Waals surface area contributed by atoms with Crippen LogP contribution in [0.3, 0.4) is 0 Å². The van der Waals surface area contributed by atoms with Crippen molar-refractivity contribution in [2.45, 2.75) is 6.54 Å². The van der Waals surface area contributed by atoms with Crippen LogP contribution in [-0.4, -0.2) is 48.3 Å². The van der Waals surface area contributed by atoms with Gasteiger partial charge in [-0.15, -0.1) is 0 Å². The van der Waals surface area contributed by atoms with Gasteiger partial charge in [-0.2, -0.15) is 4.98 Å². The van der Waals surface area contributed by atoms with Crippen molar-refractivity contribution in [2.75, 3.05) is 38.2 Å². The first-order valence-electron chi connectivity index (χ1n) is 8.91. The molecule has 0 spiro atoms. The van der Waals surface area contributed by atoms with Crippen molar-refractivity contribution in [3.8, 4) is 17.1 Å². The number of benzene rings is 2. The highest BCUT2D eigenvalue weighted by Crippen LogP contribution is 2.23. The zero-order chi connectivity index (χ0) is 18.6. The molecule has 3 aromatic rings. The van der Waals surface area contributed by atoms with E-state index in [2.05, 4.69) is 32.1 Å². The van der Waals surface area contributed by atoms with E-state index in [1.807, 2.05) is 12.1 Å². The first kappa shape index (κ1) is 17.5. The number of ether oxygens (including phenoxy) is 1. The Balaban J connectivity index is 1.35. The zero-order valence-electron chi connectivity index (χ0n) is 15.1. The zero-order valence-corrected chi connectivity index (χ0v) is 15.1. The molecule has 0 atom stereocenters. The van der Waals surface area contributed by atoms with Crippen LogP contribution in [0.5, 0.6) is 5.75 Å². The summed E-state index contributed by atoms with van der Waals surface area (Å²) in [7, 11) is 1.68. The van der Waals surface area contributed by atoms with E-state index < -0.39 is 0 Å². The molecule has 0 N–H and O–H groups in total. The standard InChI is InChI=1S/C20H21FN4O2/c1-26-18-4-2-3-17(13-18)25-11-9-24(10-12-25)14-19-22-20(23-27-19)15-5-7-16(21)8-6-15/h2-8,13H,9-12,14H2,1H3. The summed E-state index contributed by atoms with van der Waals surface area (Å²) in [6.07, 6.45) is 0. The largest absolute Gasteiger partial charge is 0.497 e. The van der Waals surface area contributed by atoms with Gasteiger partial charge in [0.2, 0.25) is 11.7 Å². The van der Waals surface area contributed by atoms with Crippen LogP contribution in [0.25, 0.3) is 11.4 Å². The second kappa shape index (κ2) is 7.75. The molecule has 0 unspecified atom stereocenters. The van der Waals surface area contributed by atoms with E-state index in [0.29, 0.717) is 18.3 Å². The SMILES string of the molecule is COc1cccc(N2CCN(Cc3nc(-c4ccc(F)cc4)no3)CC2)c1. The van der Waals surface area contributed by atoms with Crippen LogP contribution >= 0.6 is 0 Å². The van der Waals surface area contributed by atoms with Gasteiger partial charge in [-0.1, -0.05) is 11.2 Å². The predicted octanol–water partition coefficient (Wildman–Crippen LogP) is 3.21. The second-order valence-corrected chi connectivity index (χ2v) is 6.48. The summed E-state index contributed by atoms with van der Waals surface area (Å²) in [4.78, 5) is 9.07. The molecule has 2 aromatic carbocycles. The molecule has 7 heteroatoms. The monoisotopic (exact) mass is 368 g/mol. The lowest BCUT2D eigenvalue weighted by Gasteiger charge is -2.35. The first-order valence-corrected chi connectivity index (χ1v) is 8.91. The van der Waals surface area contributed by atoms with Gasteiger partial charge in [0.15, 0.2) is 0 Å². The molecule has 1 aliphatic rings. The quantitative estimate of drug-likeness (QED) is 0.689. The summed E-state index contributed by atoms with van der Waals surface area (Å²) in [5, 5.41) is 4.00. The minimum Gasteiger partial charge on any atom is -0.497 e. The predicted molar refractivity (Wildman–Crippen MR) is 100 cm³/mol. The molecule has 6 nitrogen and oxygen atoms in total. The topological polar surface area (TPSA) is 54.6 Å². The van der Waals surface area contributed by atoms with Gasteiger partial charge >= 0.3 is 0 Å². The van der Waals surface area contributed by atoms with Crippen LogP contribution in [0.4, 0.5) is 10.1 Å². The maximum absolute atomic E-state index is 13.0. The molecule has 1 fully saturated rings. The fraction of sp³-hybridized carbons (Fsp3) is 0.300. The number of methoxy groups -OCH3 is 1. The summed E-state index contributed by atoms with van der Waals surface area (Å²) in [5.41, 5.74) is 1.92. The third-order valence-corrected chi connectivity index (χ3v) is 4.72. The Bertz CT molecular complexity index is 889. The molecule has 2 heterocycles. The lowest BCUT2D eigenvalue weighted by Crippen LogP contribution is -2.46. The number of nitrogens with zero attached hydrogens (tertiary/aromatic N) is 4. The number of aromatic nitrogens is 2. The summed E-state index contributed by atoms with van der Waals surface area (Å²) in [6, 6.07) is 14.2. The Morgan fingerprint density at radius 2 is 1.85 bits per heavy atom. The maximum atomic E-state index is 13.0. The highest BCUT2D eigenvalue weighted by molar-refractivity contribution is 5.53. The van der Waals surface area contributed by atoms with Crippen molar-refractivity contribution >= 4 is 5.69 Å².